The Morgan fingerprint density at radius 1 is 1.50 bits per heavy atom. The van der Waals surface area contributed by atoms with Crippen LogP contribution in [-0.4, -0.2) is 39.5 Å². The van der Waals surface area contributed by atoms with Crippen LogP contribution in [0.4, 0.5) is 0 Å². The van der Waals surface area contributed by atoms with E-state index in [0.717, 1.165) is 52.4 Å². The summed E-state index contributed by atoms with van der Waals surface area (Å²) in [6, 6.07) is 0. The molecule has 0 bridgehead atoms. The maximum atomic E-state index is 5.51. The Hall–Kier alpha value is -0.380. The molecule has 0 aromatic heterocycles. The highest BCUT2D eigenvalue weighted by molar-refractivity contribution is 5.06. The van der Waals surface area contributed by atoms with Crippen molar-refractivity contribution in [2.75, 3.05) is 39.5 Å². The van der Waals surface area contributed by atoms with Gasteiger partial charge in [-0.2, -0.15) is 0 Å². The van der Waals surface area contributed by atoms with Crippen molar-refractivity contribution in [1.82, 2.24) is 5.32 Å². The van der Waals surface area contributed by atoms with Crippen molar-refractivity contribution in [2.24, 2.45) is 5.92 Å². The Kier molecular flexibility index (Phi) is 7.47. The van der Waals surface area contributed by atoms with E-state index >= 15 is 0 Å². The number of hydrogen-bond acceptors (Lipinski definition) is 3. The zero-order valence-corrected chi connectivity index (χ0v) is 10.6. The molecular formula is C13H25NO2. The second kappa shape index (κ2) is 8.74. The molecule has 0 aromatic carbocycles. The van der Waals surface area contributed by atoms with Crippen molar-refractivity contribution in [1.29, 1.82) is 0 Å². The summed E-state index contributed by atoms with van der Waals surface area (Å²) in [4.78, 5) is 0. The van der Waals surface area contributed by atoms with Crippen LogP contribution in [0.5, 0.6) is 0 Å². The molecule has 0 saturated carbocycles. The number of hydrogen-bond donors (Lipinski definition) is 1. The van der Waals surface area contributed by atoms with E-state index in [1.807, 2.05) is 0 Å². The quantitative estimate of drug-likeness (QED) is 0.508. The third-order valence-corrected chi connectivity index (χ3v) is 2.43. The summed E-state index contributed by atoms with van der Waals surface area (Å²) < 4.78 is 10.9. The normalized spacial score (nSPS) is 16.6. The van der Waals surface area contributed by atoms with Gasteiger partial charge in [-0.3, -0.25) is 0 Å². The van der Waals surface area contributed by atoms with Crippen LogP contribution in [-0.2, 0) is 9.47 Å². The van der Waals surface area contributed by atoms with Gasteiger partial charge in [0, 0.05) is 19.8 Å². The standard InChI is InChI=1S/C13H25NO2/c1-12(2)10-15-8-4-6-14-9-13-5-3-7-16-11-13/h5,12,14H,3-4,6-11H2,1-2H3. The van der Waals surface area contributed by atoms with E-state index in [1.165, 1.54) is 5.57 Å². The highest BCUT2D eigenvalue weighted by Crippen LogP contribution is 2.03. The van der Waals surface area contributed by atoms with Crippen molar-refractivity contribution in [3.8, 4) is 0 Å². The number of ether oxygens (including phenoxy) is 2. The first-order valence-corrected chi connectivity index (χ1v) is 6.33. The summed E-state index contributed by atoms with van der Waals surface area (Å²) in [6.07, 6.45) is 4.43. The van der Waals surface area contributed by atoms with E-state index < -0.39 is 0 Å². The maximum Gasteiger partial charge on any atom is 0.0689 e. The smallest absolute Gasteiger partial charge is 0.0689 e. The fourth-order valence-corrected chi connectivity index (χ4v) is 1.60. The second-order valence-corrected chi connectivity index (χ2v) is 4.70. The van der Waals surface area contributed by atoms with Gasteiger partial charge in [0.15, 0.2) is 0 Å². The SMILES string of the molecule is CC(C)COCCCNCC1=CCCOC1. The largest absolute Gasteiger partial charge is 0.381 e. The van der Waals surface area contributed by atoms with E-state index in [9.17, 15) is 0 Å². The minimum atomic E-state index is 0.637. The van der Waals surface area contributed by atoms with Crippen LogP contribution in [0.25, 0.3) is 0 Å². The summed E-state index contributed by atoms with van der Waals surface area (Å²) in [5, 5.41) is 3.41. The van der Waals surface area contributed by atoms with E-state index in [1.54, 1.807) is 0 Å². The van der Waals surface area contributed by atoms with Gasteiger partial charge in [-0.05, 0) is 30.9 Å². The minimum absolute atomic E-state index is 0.637. The highest BCUT2D eigenvalue weighted by atomic mass is 16.5. The van der Waals surface area contributed by atoms with Crippen molar-refractivity contribution < 1.29 is 9.47 Å². The van der Waals surface area contributed by atoms with Gasteiger partial charge in [-0.15, -0.1) is 0 Å². The van der Waals surface area contributed by atoms with Crippen molar-refractivity contribution in [3.05, 3.63) is 11.6 Å². The lowest BCUT2D eigenvalue weighted by Gasteiger charge is -2.14. The van der Waals surface area contributed by atoms with Crippen LogP contribution in [0.1, 0.15) is 26.7 Å². The number of nitrogens with one attached hydrogen (secondary N) is 1. The third kappa shape index (κ3) is 6.99. The summed E-state index contributed by atoms with van der Waals surface area (Å²) in [5.74, 6) is 0.637. The van der Waals surface area contributed by atoms with Gasteiger partial charge in [0.05, 0.1) is 13.2 Å². The Bertz CT molecular complexity index is 202. The fraction of sp³-hybridized carbons (Fsp3) is 0.846. The molecular weight excluding hydrogens is 202 g/mol. The predicted octanol–water partition coefficient (Wildman–Crippen LogP) is 1.99. The van der Waals surface area contributed by atoms with Gasteiger partial charge >= 0.3 is 0 Å². The van der Waals surface area contributed by atoms with Crippen molar-refractivity contribution >= 4 is 0 Å². The van der Waals surface area contributed by atoms with Crippen molar-refractivity contribution in [2.45, 2.75) is 26.7 Å². The van der Waals surface area contributed by atoms with Gasteiger partial charge in [-0.1, -0.05) is 19.9 Å². The Morgan fingerprint density at radius 2 is 2.38 bits per heavy atom. The number of rotatable bonds is 8. The molecule has 0 atom stereocenters. The molecule has 0 saturated heterocycles. The highest BCUT2D eigenvalue weighted by Gasteiger charge is 2.02. The lowest BCUT2D eigenvalue weighted by atomic mass is 10.2. The van der Waals surface area contributed by atoms with Crippen LogP contribution < -0.4 is 5.32 Å². The van der Waals surface area contributed by atoms with E-state index in [2.05, 4.69) is 25.2 Å². The molecule has 0 aromatic rings. The molecule has 0 fully saturated rings. The first kappa shape index (κ1) is 13.7. The second-order valence-electron chi connectivity index (χ2n) is 4.70. The Balaban J connectivity index is 1.86. The Morgan fingerprint density at radius 3 is 3.06 bits per heavy atom. The summed E-state index contributed by atoms with van der Waals surface area (Å²) in [7, 11) is 0. The van der Waals surface area contributed by atoms with Crippen LogP contribution in [0, 0.1) is 5.92 Å². The zero-order valence-electron chi connectivity index (χ0n) is 10.6. The topological polar surface area (TPSA) is 30.5 Å². The lowest BCUT2D eigenvalue weighted by Crippen LogP contribution is -2.23. The third-order valence-electron chi connectivity index (χ3n) is 2.43. The molecule has 3 heteroatoms. The maximum absolute atomic E-state index is 5.51. The van der Waals surface area contributed by atoms with Crippen LogP contribution in [0.15, 0.2) is 11.6 Å². The summed E-state index contributed by atoms with van der Waals surface area (Å²) >= 11 is 0. The predicted molar refractivity (Wildman–Crippen MR) is 66.7 cm³/mol. The average Bonchev–Trinajstić information content (AvgIpc) is 2.29. The summed E-state index contributed by atoms with van der Waals surface area (Å²) in [6.45, 7) is 9.75. The first-order valence-electron chi connectivity index (χ1n) is 6.33. The van der Waals surface area contributed by atoms with Crippen LogP contribution in [0.2, 0.25) is 0 Å². The molecule has 0 unspecified atom stereocenters. The van der Waals surface area contributed by atoms with Crippen LogP contribution >= 0.6 is 0 Å². The molecule has 0 spiro atoms. The zero-order chi connectivity index (χ0) is 11.6. The van der Waals surface area contributed by atoms with Gasteiger partial charge in [0.1, 0.15) is 0 Å². The molecule has 94 valence electrons. The molecule has 1 aliphatic heterocycles. The molecule has 1 heterocycles. The van der Waals surface area contributed by atoms with Gasteiger partial charge in [-0.25, -0.2) is 0 Å². The van der Waals surface area contributed by atoms with E-state index in [-0.39, 0.29) is 0 Å². The monoisotopic (exact) mass is 227 g/mol. The molecule has 0 amide bonds. The van der Waals surface area contributed by atoms with Crippen molar-refractivity contribution in [3.63, 3.8) is 0 Å². The minimum Gasteiger partial charge on any atom is -0.381 e. The van der Waals surface area contributed by atoms with Gasteiger partial charge in [0.2, 0.25) is 0 Å². The molecule has 0 radical (unpaired) electrons. The molecule has 1 rings (SSSR count). The van der Waals surface area contributed by atoms with E-state index in [0.29, 0.717) is 5.92 Å². The first-order chi connectivity index (χ1) is 7.79. The molecule has 1 aliphatic rings. The fourth-order valence-electron chi connectivity index (χ4n) is 1.60. The summed E-state index contributed by atoms with van der Waals surface area (Å²) in [5.41, 5.74) is 1.38. The molecule has 16 heavy (non-hydrogen) atoms. The molecule has 0 aliphatic carbocycles. The average molecular weight is 227 g/mol. The van der Waals surface area contributed by atoms with Gasteiger partial charge < -0.3 is 14.8 Å². The van der Waals surface area contributed by atoms with Gasteiger partial charge in [0.25, 0.3) is 0 Å². The van der Waals surface area contributed by atoms with E-state index in [4.69, 9.17) is 9.47 Å². The lowest BCUT2D eigenvalue weighted by molar-refractivity contribution is 0.108. The van der Waals surface area contributed by atoms with Crippen LogP contribution in [0.3, 0.4) is 0 Å². The molecule has 1 N–H and O–H groups in total. The Labute approximate surface area is 99.2 Å². The molecule has 3 nitrogen and oxygen atoms in total.